The summed E-state index contributed by atoms with van der Waals surface area (Å²) >= 11 is 6.22. The molecule has 1 aromatic carbocycles. The Bertz CT molecular complexity index is 560. The summed E-state index contributed by atoms with van der Waals surface area (Å²) in [5.74, 6) is 0.133. The Hall–Kier alpha value is -1.75. The molecule has 2 rings (SSSR count). The van der Waals surface area contributed by atoms with Gasteiger partial charge in [0, 0.05) is 24.1 Å². The number of methoxy groups -OCH3 is 1. The van der Waals surface area contributed by atoms with E-state index in [0.717, 1.165) is 6.42 Å². The molecule has 20 heavy (non-hydrogen) atoms. The molecule has 0 radical (unpaired) electrons. The first-order chi connectivity index (χ1) is 9.51. The van der Waals surface area contributed by atoms with E-state index in [-0.39, 0.29) is 11.8 Å². The van der Waals surface area contributed by atoms with E-state index in [0.29, 0.717) is 28.6 Å². The number of carbonyl (C=O) groups excluding carboxylic acids is 2. The lowest BCUT2D eigenvalue weighted by Gasteiger charge is -2.19. The highest BCUT2D eigenvalue weighted by molar-refractivity contribution is 6.33. The Balaban J connectivity index is 2.59. The Labute approximate surface area is 122 Å². The summed E-state index contributed by atoms with van der Waals surface area (Å²) in [6.45, 7) is 3.91. The zero-order chi connectivity index (χ0) is 14.9. The largest absolute Gasteiger partial charge is 0.495 e. The second-order valence-electron chi connectivity index (χ2n) is 4.64. The fraction of sp³-hybridized carbons (Fsp3) is 0.429. The maximum Gasteiger partial charge on any atom is 0.254 e. The van der Waals surface area contributed by atoms with Crippen LogP contribution < -0.4 is 15.0 Å². The number of carbonyl (C=O) groups is 2. The van der Waals surface area contributed by atoms with E-state index in [1.54, 1.807) is 24.1 Å². The minimum atomic E-state index is -0.739. The first-order valence-electron chi connectivity index (χ1n) is 6.46. The van der Waals surface area contributed by atoms with Gasteiger partial charge >= 0.3 is 0 Å². The number of hydrogen-bond acceptors (Lipinski definition) is 3. The molecule has 1 aromatic rings. The van der Waals surface area contributed by atoms with Crippen molar-refractivity contribution in [2.75, 3.05) is 18.6 Å². The standard InChI is InChI=1S/C14H17ClN2O3/c1-4-7-17-13-10(20-3)6-5-9(15)11(13)12(14(17)19)16-8(2)18/h5-6,12H,4,7H2,1-3H3,(H,16,18)/t12-/m1/s1. The lowest BCUT2D eigenvalue weighted by molar-refractivity contribution is -0.126. The van der Waals surface area contributed by atoms with Gasteiger partial charge in [-0.2, -0.15) is 0 Å². The van der Waals surface area contributed by atoms with E-state index in [4.69, 9.17) is 16.3 Å². The van der Waals surface area contributed by atoms with E-state index in [9.17, 15) is 9.59 Å². The fourth-order valence-electron chi connectivity index (χ4n) is 2.45. The summed E-state index contributed by atoms with van der Waals surface area (Å²) in [4.78, 5) is 25.5. The average Bonchev–Trinajstić information content (AvgIpc) is 2.66. The molecular weight excluding hydrogens is 280 g/mol. The number of hydrogen-bond donors (Lipinski definition) is 1. The highest BCUT2D eigenvalue weighted by Gasteiger charge is 2.41. The van der Waals surface area contributed by atoms with Crippen LogP contribution >= 0.6 is 11.6 Å². The number of anilines is 1. The molecule has 1 N–H and O–H groups in total. The van der Waals surface area contributed by atoms with Crippen LogP contribution in [-0.2, 0) is 9.59 Å². The first-order valence-corrected chi connectivity index (χ1v) is 6.83. The fourth-order valence-corrected chi connectivity index (χ4v) is 2.72. The lowest BCUT2D eigenvalue weighted by Crippen LogP contribution is -2.37. The van der Waals surface area contributed by atoms with Crippen LogP contribution in [0, 0.1) is 0 Å². The van der Waals surface area contributed by atoms with Gasteiger partial charge in [0.05, 0.1) is 12.8 Å². The third-order valence-electron chi connectivity index (χ3n) is 3.21. The van der Waals surface area contributed by atoms with Crippen LogP contribution in [0.25, 0.3) is 0 Å². The normalized spacial score (nSPS) is 17.1. The minimum Gasteiger partial charge on any atom is -0.495 e. The van der Waals surface area contributed by atoms with Crippen molar-refractivity contribution < 1.29 is 14.3 Å². The quantitative estimate of drug-likeness (QED) is 0.927. The Morgan fingerprint density at radius 2 is 2.20 bits per heavy atom. The average molecular weight is 297 g/mol. The molecule has 108 valence electrons. The molecule has 1 heterocycles. The SMILES string of the molecule is CCCN1C(=O)[C@H](NC(C)=O)c2c(Cl)ccc(OC)c21. The summed E-state index contributed by atoms with van der Waals surface area (Å²) < 4.78 is 5.33. The number of ether oxygens (including phenoxy) is 1. The summed E-state index contributed by atoms with van der Waals surface area (Å²) in [7, 11) is 1.55. The lowest BCUT2D eigenvalue weighted by atomic mass is 10.1. The van der Waals surface area contributed by atoms with Gasteiger partial charge in [0.25, 0.3) is 5.91 Å². The number of nitrogens with zero attached hydrogens (tertiary/aromatic N) is 1. The van der Waals surface area contributed by atoms with Gasteiger partial charge in [-0.25, -0.2) is 0 Å². The van der Waals surface area contributed by atoms with Gasteiger partial charge in [0.15, 0.2) is 0 Å². The minimum absolute atomic E-state index is 0.177. The van der Waals surface area contributed by atoms with E-state index < -0.39 is 6.04 Å². The molecule has 1 atom stereocenters. The van der Waals surface area contributed by atoms with Crippen molar-refractivity contribution >= 4 is 29.1 Å². The predicted molar refractivity (Wildman–Crippen MR) is 77.2 cm³/mol. The molecular formula is C14H17ClN2O3. The Morgan fingerprint density at radius 3 is 2.75 bits per heavy atom. The predicted octanol–water partition coefficient (Wildman–Crippen LogP) is 2.28. The van der Waals surface area contributed by atoms with E-state index in [2.05, 4.69) is 5.32 Å². The van der Waals surface area contributed by atoms with Crippen molar-refractivity contribution in [1.82, 2.24) is 5.32 Å². The smallest absolute Gasteiger partial charge is 0.254 e. The molecule has 5 nitrogen and oxygen atoms in total. The van der Waals surface area contributed by atoms with Crippen LogP contribution in [0.1, 0.15) is 31.9 Å². The molecule has 0 aliphatic carbocycles. The number of nitrogens with one attached hydrogen (secondary N) is 1. The molecule has 0 saturated carbocycles. The highest BCUT2D eigenvalue weighted by atomic mass is 35.5. The van der Waals surface area contributed by atoms with Gasteiger partial charge in [0.1, 0.15) is 11.8 Å². The van der Waals surface area contributed by atoms with Crippen molar-refractivity contribution in [2.24, 2.45) is 0 Å². The van der Waals surface area contributed by atoms with Crippen LogP contribution in [-0.4, -0.2) is 25.5 Å². The van der Waals surface area contributed by atoms with Gasteiger partial charge in [-0.15, -0.1) is 0 Å². The molecule has 1 aliphatic rings. The maximum atomic E-state index is 12.5. The second-order valence-corrected chi connectivity index (χ2v) is 5.04. The number of halogens is 1. The van der Waals surface area contributed by atoms with Crippen LogP contribution in [0.3, 0.4) is 0 Å². The second kappa shape index (κ2) is 5.71. The number of fused-ring (bicyclic) bond motifs is 1. The zero-order valence-corrected chi connectivity index (χ0v) is 12.5. The van der Waals surface area contributed by atoms with Crippen molar-refractivity contribution in [3.8, 4) is 5.75 Å². The van der Waals surface area contributed by atoms with Crippen LogP contribution in [0.4, 0.5) is 5.69 Å². The summed E-state index contributed by atoms with van der Waals surface area (Å²) in [5, 5.41) is 3.11. The van der Waals surface area contributed by atoms with Crippen molar-refractivity contribution in [3.05, 3.63) is 22.7 Å². The molecule has 0 spiro atoms. The molecule has 6 heteroatoms. The van der Waals surface area contributed by atoms with Crippen LogP contribution in [0.2, 0.25) is 5.02 Å². The molecule has 0 unspecified atom stereocenters. The van der Waals surface area contributed by atoms with Crippen LogP contribution in [0.5, 0.6) is 5.75 Å². The summed E-state index contributed by atoms with van der Waals surface area (Å²) in [6.07, 6.45) is 0.799. The van der Waals surface area contributed by atoms with Gasteiger partial charge in [-0.05, 0) is 18.6 Å². The maximum absolute atomic E-state index is 12.5. The third kappa shape index (κ3) is 2.33. The van der Waals surface area contributed by atoms with Crippen LogP contribution in [0.15, 0.2) is 12.1 Å². The van der Waals surface area contributed by atoms with Crippen molar-refractivity contribution in [3.63, 3.8) is 0 Å². The summed E-state index contributed by atoms with van der Waals surface area (Å²) in [6, 6.07) is 2.67. The molecule has 0 aromatic heterocycles. The zero-order valence-electron chi connectivity index (χ0n) is 11.7. The summed E-state index contributed by atoms with van der Waals surface area (Å²) in [5.41, 5.74) is 1.27. The molecule has 0 bridgehead atoms. The number of amides is 2. The number of rotatable bonds is 4. The van der Waals surface area contributed by atoms with Gasteiger partial charge in [-0.3, -0.25) is 9.59 Å². The monoisotopic (exact) mass is 296 g/mol. The van der Waals surface area contributed by atoms with E-state index in [1.165, 1.54) is 6.92 Å². The third-order valence-corrected chi connectivity index (χ3v) is 3.54. The highest BCUT2D eigenvalue weighted by Crippen LogP contribution is 2.46. The molecule has 0 fully saturated rings. The van der Waals surface area contributed by atoms with E-state index in [1.807, 2.05) is 6.92 Å². The Kier molecular flexibility index (Phi) is 4.18. The molecule has 0 saturated heterocycles. The number of benzene rings is 1. The van der Waals surface area contributed by atoms with Gasteiger partial charge in [0.2, 0.25) is 5.91 Å². The first kappa shape index (κ1) is 14.7. The van der Waals surface area contributed by atoms with Crippen molar-refractivity contribution in [1.29, 1.82) is 0 Å². The Morgan fingerprint density at radius 1 is 1.50 bits per heavy atom. The molecule has 1 aliphatic heterocycles. The van der Waals surface area contributed by atoms with Crippen molar-refractivity contribution in [2.45, 2.75) is 26.3 Å². The van der Waals surface area contributed by atoms with Gasteiger partial charge < -0.3 is 15.0 Å². The molecule has 2 amide bonds. The topological polar surface area (TPSA) is 58.6 Å². The van der Waals surface area contributed by atoms with Gasteiger partial charge in [-0.1, -0.05) is 18.5 Å². The van der Waals surface area contributed by atoms with E-state index >= 15 is 0 Å².